The van der Waals surface area contributed by atoms with E-state index in [1.54, 1.807) is 0 Å². The summed E-state index contributed by atoms with van der Waals surface area (Å²) in [7, 11) is 2.13. The lowest BCUT2D eigenvalue weighted by Gasteiger charge is -2.28. The fraction of sp³-hybridized carbons (Fsp3) is 0.946. The number of hydrogen-bond acceptors (Lipinski definition) is 5. The second kappa shape index (κ2) is 29.9. The third kappa shape index (κ3) is 24.4. The minimum Gasteiger partial charge on any atom is -0.466 e. The molecule has 0 amide bonds. The molecule has 5 nitrogen and oxygen atoms in total. The Hall–Kier alpha value is -1.10. The number of ether oxygens (including phenoxy) is 2. The number of piperidine rings is 1. The molecule has 1 aliphatic rings. The molecule has 42 heavy (non-hydrogen) atoms. The van der Waals surface area contributed by atoms with Crippen molar-refractivity contribution >= 4 is 11.9 Å². The van der Waals surface area contributed by atoms with E-state index in [2.05, 4.69) is 25.8 Å². The van der Waals surface area contributed by atoms with Crippen molar-refractivity contribution in [1.82, 2.24) is 4.90 Å². The topological polar surface area (TPSA) is 55.8 Å². The van der Waals surface area contributed by atoms with E-state index in [-0.39, 0.29) is 25.3 Å². The number of carbonyl (C=O) groups excluding carboxylic acids is 2. The molecule has 0 spiro atoms. The fourth-order valence-corrected chi connectivity index (χ4v) is 5.99. The quantitative estimate of drug-likeness (QED) is 0.0665. The van der Waals surface area contributed by atoms with E-state index in [9.17, 15) is 9.59 Å². The minimum atomic E-state index is -0.0165. The molecule has 0 saturated carbocycles. The van der Waals surface area contributed by atoms with Crippen LogP contribution in [0.5, 0.6) is 0 Å². The van der Waals surface area contributed by atoms with Crippen LogP contribution in [-0.2, 0) is 19.1 Å². The molecule has 1 saturated heterocycles. The molecule has 0 aromatic heterocycles. The zero-order valence-corrected chi connectivity index (χ0v) is 27.7. The van der Waals surface area contributed by atoms with Crippen molar-refractivity contribution in [3.63, 3.8) is 0 Å². The van der Waals surface area contributed by atoms with Crippen molar-refractivity contribution in [2.45, 2.75) is 182 Å². The number of esters is 2. The lowest BCUT2D eigenvalue weighted by molar-refractivity contribution is -0.151. The Morgan fingerprint density at radius 1 is 0.643 bits per heavy atom. The van der Waals surface area contributed by atoms with E-state index in [0.717, 1.165) is 45.2 Å². The van der Waals surface area contributed by atoms with Crippen molar-refractivity contribution < 1.29 is 19.1 Å². The Morgan fingerprint density at radius 3 is 1.62 bits per heavy atom. The standard InChI is InChI=1S/C36H69NO4.CH4/c1-4-6-8-10-12-13-16-20-24-33(32-41-36(39)34-27-29-37(3)30-28-34)25-21-17-14-15-18-22-26-35(38)40-31-23-19-11-9-7-5-2;/h33-34H,4-32H2,1-3H3;1H4. The van der Waals surface area contributed by atoms with E-state index >= 15 is 0 Å². The van der Waals surface area contributed by atoms with Gasteiger partial charge in [-0.3, -0.25) is 9.59 Å². The van der Waals surface area contributed by atoms with Gasteiger partial charge in [-0.1, -0.05) is 137 Å². The van der Waals surface area contributed by atoms with Gasteiger partial charge in [0.1, 0.15) is 0 Å². The number of carbonyl (C=O) groups is 2. The summed E-state index contributed by atoms with van der Waals surface area (Å²) in [5.74, 6) is 0.635. The largest absolute Gasteiger partial charge is 0.466 e. The number of hydrogen-bond donors (Lipinski definition) is 0. The molecule has 1 heterocycles. The lowest BCUT2D eigenvalue weighted by Crippen LogP contribution is -2.34. The summed E-state index contributed by atoms with van der Waals surface area (Å²) in [6.45, 7) is 7.72. The molecule has 0 bridgehead atoms. The van der Waals surface area contributed by atoms with Crippen LogP contribution in [0.3, 0.4) is 0 Å². The summed E-state index contributed by atoms with van der Waals surface area (Å²) >= 11 is 0. The number of nitrogens with zero attached hydrogens (tertiary/aromatic N) is 1. The molecule has 0 N–H and O–H groups in total. The first kappa shape index (κ1) is 40.9. The maximum Gasteiger partial charge on any atom is 0.309 e. The molecule has 1 aliphatic heterocycles. The van der Waals surface area contributed by atoms with E-state index in [1.807, 2.05) is 0 Å². The normalized spacial score (nSPS) is 14.8. The van der Waals surface area contributed by atoms with Gasteiger partial charge in [0.15, 0.2) is 0 Å². The number of rotatable bonds is 28. The summed E-state index contributed by atoms with van der Waals surface area (Å²) in [6, 6.07) is 0. The van der Waals surface area contributed by atoms with Crippen LogP contribution in [0, 0.1) is 11.8 Å². The molecule has 1 fully saturated rings. The van der Waals surface area contributed by atoms with Gasteiger partial charge in [0.2, 0.25) is 0 Å². The van der Waals surface area contributed by atoms with Crippen LogP contribution in [0.15, 0.2) is 0 Å². The molecule has 0 radical (unpaired) electrons. The molecule has 0 aromatic rings. The van der Waals surface area contributed by atoms with Crippen molar-refractivity contribution in [1.29, 1.82) is 0 Å². The van der Waals surface area contributed by atoms with E-state index in [1.165, 1.54) is 122 Å². The predicted molar refractivity (Wildman–Crippen MR) is 180 cm³/mol. The third-order valence-corrected chi connectivity index (χ3v) is 8.98. The highest BCUT2D eigenvalue weighted by Gasteiger charge is 2.25. The maximum absolute atomic E-state index is 12.7. The first-order valence-electron chi connectivity index (χ1n) is 18.1. The third-order valence-electron chi connectivity index (χ3n) is 8.98. The van der Waals surface area contributed by atoms with Gasteiger partial charge in [0.25, 0.3) is 0 Å². The molecular formula is C37H73NO4. The fourth-order valence-electron chi connectivity index (χ4n) is 5.99. The van der Waals surface area contributed by atoms with E-state index in [0.29, 0.717) is 25.6 Å². The molecule has 1 atom stereocenters. The molecule has 0 aromatic carbocycles. The van der Waals surface area contributed by atoms with Gasteiger partial charge in [0.05, 0.1) is 19.1 Å². The van der Waals surface area contributed by atoms with Crippen molar-refractivity contribution in [2.75, 3.05) is 33.4 Å². The van der Waals surface area contributed by atoms with Gasteiger partial charge in [0, 0.05) is 6.42 Å². The summed E-state index contributed by atoms with van der Waals surface area (Å²) in [5, 5.41) is 0. The Bertz CT molecular complexity index is 603. The minimum absolute atomic E-state index is 0. The predicted octanol–water partition coefficient (Wildman–Crippen LogP) is 10.7. The average molecular weight is 596 g/mol. The molecule has 1 unspecified atom stereocenters. The van der Waals surface area contributed by atoms with Gasteiger partial charge < -0.3 is 14.4 Å². The summed E-state index contributed by atoms with van der Waals surface area (Å²) < 4.78 is 11.3. The monoisotopic (exact) mass is 596 g/mol. The van der Waals surface area contributed by atoms with Crippen LogP contribution < -0.4 is 0 Å². The maximum atomic E-state index is 12.7. The van der Waals surface area contributed by atoms with Gasteiger partial charge >= 0.3 is 11.9 Å². The van der Waals surface area contributed by atoms with Gasteiger partial charge in [-0.15, -0.1) is 0 Å². The highest BCUT2D eigenvalue weighted by molar-refractivity contribution is 5.72. The smallest absolute Gasteiger partial charge is 0.309 e. The van der Waals surface area contributed by atoms with Gasteiger partial charge in [-0.25, -0.2) is 0 Å². The number of likely N-dealkylation sites (tertiary alicyclic amines) is 1. The Morgan fingerprint density at radius 2 is 1.10 bits per heavy atom. The highest BCUT2D eigenvalue weighted by Crippen LogP contribution is 2.22. The SMILES string of the molecule is C.CCCCCCCCCCC(CCCCCCCCC(=O)OCCCCCCCC)COC(=O)C1CCN(C)CC1. The Balaban J connectivity index is 0.0000168. The zero-order chi connectivity index (χ0) is 29.8. The zero-order valence-electron chi connectivity index (χ0n) is 27.7. The second-order valence-corrected chi connectivity index (χ2v) is 13.0. The first-order chi connectivity index (χ1) is 20.1. The molecule has 250 valence electrons. The molecule has 5 heteroatoms. The van der Waals surface area contributed by atoms with Crippen molar-refractivity contribution in [3.8, 4) is 0 Å². The van der Waals surface area contributed by atoms with Crippen LogP contribution in [0.2, 0.25) is 0 Å². The lowest BCUT2D eigenvalue weighted by atomic mass is 9.94. The molecule has 1 rings (SSSR count). The van der Waals surface area contributed by atoms with Crippen LogP contribution >= 0.6 is 0 Å². The van der Waals surface area contributed by atoms with Crippen LogP contribution in [0.4, 0.5) is 0 Å². The second-order valence-electron chi connectivity index (χ2n) is 13.0. The van der Waals surface area contributed by atoms with Gasteiger partial charge in [-0.2, -0.15) is 0 Å². The average Bonchev–Trinajstić information content (AvgIpc) is 2.97. The van der Waals surface area contributed by atoms with Crippen LogP contribution in [0.1, 0.15) is 182 Å². The van der Waals surface area contributed by atoms with Gasteiger partial charge in [-0.05, 0) is 64.6 Å². The molecular weight excluding hydrogens is 522 g/mol. The van der Waals surface area contributed by atoms with Crippen molar-refractivity contribution in [2.24, 2.45) is 11.8 Å². The summed E-state index contributed by atoms with van der Waals surface area (Å²) in [4.78, 5) is 26.9. The van der Waals surface area contributed by atoms with Crippen molar-refractivity contribution in [3.05, 3.63) is 0 Å². The van der Waals surface area contributed by atoms with E-state index < -0.39 is 0 Å². The Kier molecular flexibility index (Phi) is 29.2. The van der Waals surface area contributed by atoms with E-state index in [4.69, 9.17) is 9.47 Å². The first-order valence-corrected chi connectivity index (χ1v) is 18.1. The Labute approximate surface area is 262 Å². The van der Waals surface area contributed by atoms with Crippen LogP contribution in [-0.4, -0.2) is 50.2 Å². The summed E-state index contributed by atoms with van der Waals surface area (Å²) in [6.07, 6.45) is 29.8. The molecule has 0 aliphatic carbocycles. The summed E-state index contributed by atoms with van der Waals surface area (Å²) in [5.41, 5.74) is 0. The van der Waals surface area contributed by atoms with Crippen LogP contribution in [0.25, 0.3) is 0 Å². The highest BCUT2D eigenvalue weighted by atomic mass is 16.5. The number of unbranched alkanes of at least 4 members (excludes halogenated alkanes) is 17.